The van der Waals surface area contributed by atoms with E-state index in [1.807, 2.05) is 6.92 Å². The quantitative estimate of drug-likeness (QED) is 0.601. The minimum absolute atomic E-state index is 0.0939. The Morgan fingerprint density at radius 1 is 1.33 bits per heavy atom. The molecule has 0 spiro atoms. The number of benzene rings is 1. The molecular formula is C15H16F4O2. The number of hydrogen-bond acceptors (Lipinski definition) is 2. The van der Waals surface area contributed by atoms with Crippen LogP contribution in [0.15, 0.2) is 18.2 Å². The second-order valence-electron chi connectivity index (χ2n) is 5.23. The molecule has 0 bridgehead atoms. The molecular weight excluding hydrogens is 288 g/mol. The standard InChI is InChI=1S/C15H16F4O2/c1-2-21-11-5-9(6-11)7-14(20)10-3-4-13(16)12(8-10)15(17,18)19/h3-4,8-9,11H,2,5-7H2,1H3. The van der Waals surface area contributed by atoms with Crippen molar-refractivity contribution >= 4 is 5.78 Å². The van der Waals surface area contributed by atoms with Gasteiger partial charge in [-0.15, -0.1) is 0 Å². The van der Waals surface area contributed by atoms with Crippen LogP contribution >= 0.6 is 0 Å². The summed E-state index contributed by atoms with van der Waals surface area (Å²) in [6, 6.07) is 2.39. The van der Waals surface area contributed by atoms with Crippen molar-refractivity contribution in [3.05, 3.63) is 35.1 Å². The van der Waals surface area contributed by atoms with Gasteiger partial charge in [0.05, 0.1) is 11.7 Å². The summed E-state index contributed by atoms with van der Waals surface area (Å²) in [5.74, 6) is -1.62. The van der Waals surface area contributed by atoms with Gasteiger partial charge in [0.1, 0.15) is 5.82 Å². The highest BCUT2D eigenvalue weighted by molar-refractivity contribution is 5.96. The van der Waals surface area contributed by atoms with E-state index in [9.17, 15) is 22.4 Å². The summed E-state index contributed by atoms with van der Waals surface area (Å²) < 4.78 is 56.3. The molecule has 0 heterocycles. The molecule has 0 amide bonds. The molecule has 116 valence electrons. The highest BCUT2D eigenvalue weighted by Gasteiger charge is 2.35. The second kappa shape index (κ2) is 6.13. The molecule has 1 aliphatic rings. The number of hydrogen-bond donors (Lipinski definition) is 0. The van der Waals surface area contributed by atoms with Gasteiger partial charge in [-0.25, -0.2) is 4.39 Å². The van der Waals surface area contributed by atoms with Gasteiger partial charge >= 0.3 is 6.18 Å². The Morgan fingerprint density at radius 3 is 2.57 bits per heavy atom. The first kappa shape index (κ1) is 15.9. The third kappa shape index (κ3) is 3.81. The van der Waals surface area contributed by atoms with Crippen LogP contribution in [-0.4, -0.2) is 18.5 Å². The maximum absolute atomic E-state index is 13.2. The van der Waals surface area contributed by atoms with E-state index in [1.165, 1.54) is 0 Å². The molecule has 0 N–H and O–H groups in total. The van der Waals surface area contributed by atoms with Gasteiger partial charge < -0.3 is 4.74 Å². The summed E-state index contributed by atoms with van der Waals surface area (Å²) in [6.45, 7) is 2.49. The third-order valence-electron chi connectivity index (χ3n) is 3.66. The number of Topliss-reactive ketones (excluding diaryl/α,β-unsaturated/α-hetero) is 1. The summed E-state index contributed by atoms with van der Waals surface area (Å²) >= 11 is 0. The van der Waals surface area contributed by atoms with Crippen LogP contribution in [0.1, 0.15) is 42.1 Å². The molecule has 21 heavy (non-hydrogen) atoms. The lowest BCUT2D eigenvalue weighted by Crippen LogP contribution is -2.32. The molecule has 1 fully saturated rings. The fourth-order valence-corrected chi connectivity index (χ4v) is 2.51. The molecule has 2 nitrogen and oxygen atoms in total. The molecule has 0 aliphatic heterocycles. The Bertz CT molecular complexity index is 519. The van der Waals surface area contributed by atoms with Crippen molar-refractivity contribution in [1.29, 1.82) is 0 Å². The van der Waals surface area contributed by atoms with Gasteiger partial charge in [0.2, 0.25) is 0 Å². The van der Waals surface area contributed by atoms with Crippen molar-refractivity contribution in [2.24, 2.45) is 5.92 Å². The molecule has 6 heteroatoms. The van der Waals surface area contributed by atoms with Crippen molar-refractivity contribution in [2.45, 2.75) is 38.5 Å². The predicted molar refractivity (Wildman–Crippen MR) is 68.5 cm³/mol. The van der Waals surface area contributed by atoms with Crippen molar-refractivity contribution in [2.75, 3.05) is 6.61 Å². The van der Waals surface area contributed by atoms with Crippen LogP contribution in [0.4, 0.5) is 17.6 Å². The summed E-state index contributed by atoms with van der Waals surface area (Å²) in [5.41, 5.74) is -1.49. The van der Waals surface area contributed by atoms with Crippen LogP contribution < -0.4 is 0 Å². The summed E-state index contributed by atoms with van der Waals surface area (Å²) in [5, 5.41) is 0. The Balaban J connectivity index is 2.01. The molecule has 1 aromatic rings. The molecule has 1 aliphatic carbocycles. The van der Waals surface area contributed by atoms with E-state index in [1.54, 1.807) is 0 Å². The van der Waals surface area contributed by atoms with E-state index < -0.39 is 17.6 Å². The molecule has 1 saturated carbocycles. The van der Waals surface area contributed by atoms with Crippen LogP contribution in [0.5, 0.6) is 0 Å². The minimum Gasteiger partial charge on any atom is -0.378 e. The van der Waals surface area contributed by atoms with E-state index in [0.717, 1.165) is 18.9 Å². The van der Waals surface area contributed by atoms with E-state index in [-0.39, 0.29) is 29.8 Å². The number of carbonyl (C=O) groups is 1. The van der Waals surface area contributed by atoms with Crippen molar-refractivity contribution in [3.8, 4) is 0 Å². The van der Waals surface area contributed by atoms with Gasteiger partial charge in [-0.05, 0) is 43.9 Å². The third-order valence-corrected chi connectivity index (χ3v) is 3.66. The Labute approximate surface area is 120 Å². The first-order valence-corrected chi connectivity index (χ1v) is 6.82. The van der Waals surface area contributed by atoms with Gasteiger partial charge in [-0.1, -0.05) is 0 Å². The van der Waals surface area contributed by atoms with Gasteiger partial charge in [-0.2, -0.15) is 13.2 Å². The van der Waals surface area contributed by atoms with Crippen LogP contribution in [0.2, 0.25) is 0 Å². The zero-order chi connectivity index (χ0) is 15.6. The van der Waals surface area contributed by atoms with Crippen LogP contribution in [0.3, 0.4) is 0 Å². The molecule has 0 atom stereocenters. The molecule has 0 saturated heterocycles. The number of alkyl halides is 3. The van der Waals surface area contributed by atoms with Gasteiger partial charge in [0, 0.05) is 18.6 Å². The zero-order valence-electron chi connectivity index (χ0n) is 11.5. The lowest BCUT2D eigenvalue weighted by Gasteiger charge is -2.34. The smallest absolute Gasteiger partial charge is 0.378 e. The van der Waals surface area contributed by atoms with Gasteiger partial charge in [0.25, 0.3) is 0 Å². The lowest BCUT2D eigenvalue weighted by atomic mass is 9.78. The van der Waals surface area contributed by atoms with Gasteiger partial charge in [-0.3, -0.25) is 4.79 Å². The SMILES string of the molecule is CCOC1CC(CC(=O)c2ccc(F)c(C(F)(F)F)c2)C1. The number of carbonyl (C=O) groups excluding carboxylic acids is 1. The summed E-state index contributed by atoms with van der Waals surface area (Å²) in [4.78, 5) is 12.0. The maximum atomic E-state index is 13.2. The number of rotatable bonds is 5. The molecule has 0 radical (unpaired) electrons. The van der Waals surface area contributed by atoms with Crippen molar-refractivity contribution in [3.63, 3.8) is 0 Å². The Hall–Kier alpha value is -1.43. The predicted octanol–water partition coefficient (Wildman–Crippen LogP) is 4.23. The zero-order valence-corrected chi connectivity index (χ0v) is 11.5. The highest BCUT2D eigenvalue weighted by atomic mass is 19.4. The lowest BCUT2D eigenvalue weighted by molar-refractivity contribution is -0.140. The second-order valence-corrected chi connectivity index (χ2v) is 5.23. The minimum atomic E-state index is -4.79. The van der Waals surface area contributed by atoms with E-state index in [4.69, 9.17) is 4.74 Å². The van der Waals surface area contributed by atoms with E-state index >= 15 is 0 Å². The molecule has 1 aromatic carbocycles. The average Bonchev–Trinajstić information content (AvgIpc) is 2.35. The first-order chi connectivity index (χ1) is 9.81. The number of ether oxygens (including phenoxy) is 1. The average molecular weight is 304 g/mol. The summed E-state index contributed by atoms with van der Waals surface area (Å²) in [6.07, 6.45) is -2.99. The fourth-order valence-electron chi connectivity index (χ4n) is 2.51. The Kier molecular flexibility index (Phi) is 4.66. The molecule has 0 aromatic heterocycles. The van der Waals surface area contributed by atoms with E-state index in [0.29, 0.717) is 18.7 Å². The monoisotopic (exact) mass is 304 g/mol. The maximum Gasteiger partial charge on any atom is 0.419 e. The largest absolute Gasteiger partial charge is 0.419 e. The topological polar surface area (TPSA) is 26.3 Å². The normalized spacial score (nSPS) is 22.0. The molecule has 2 rings (SSSR count). The van der Waals surface area contributed by atoms with Crippen molar-refractivity contribution in [1.82, 2.24) is 0 Å². The van der Waals surface area contributed by atoms with Crippen LogP contribution in [0, 0.1) is 11.7 Å². The summed E-state index contributed by atoms with van der Waals surface area (Å²) in [7, 11) is 0. The number of ketones is 1. The van der Waals surface area contributed by atoms with Crippen LogP contribution in [0.25, 0.3) is 0 Å². The van der Waals surface area contributed by atoms with Gasteiger partial charge in [0.15, 0.2) is 5.78 Å². The van der Waals surface area contributed by atoms with Crippen LogP contribution in [-0.2, 0) is 10.9 Å². The van der Waals surface area contributed by atoms with Crippen molar-refractivity contribution < 1.29 is 27.1 Å². The number of halogens is 4. The first-order valence-electron chi connectivity index (χ1n) is 6.82. The Morgan fingerprint density at radius 2 is 2.00 bits per heavy atom. The fraction of sp³-hybridized carbons (Fsp3) is 0.533. The molecule has 0 unspecified atom stereocenters. The van der Waals surface area contributed by atoms with E-state index in [2.05, 4.69) is 0 Å². The highest BCUT2D eigenvalue weighted by Crippen LogP contribution is 2.35.